The molecule has 0 unspecified atom stereocenters. The Morgan fingerprint density at radius 2 is 1.78 bits per heavy atom. The lowest BCUT2D eigenvalue weighted by molar-refractivity contribution is 0.415. The molecule has 2 N–H and O–H groups in total. The van der Waals surface area contributed by atoms with Crippen LogP contribution >= 0.6 is 0 Å². The van der Waals surface area contributed by atoms with E-state index < -0.39 is 0 Å². The van der Waals surface area contributed by atoms with Crippen molar-refractivity contribution in [2.45, 2.75) is 13.1 Å². The molecule has 0 amide bonds. The minimum Gasteiger partial charge on any atom is -0.497 e. The summed E-state index contributed by atoms with van der Waals surface area (Å²) in [6.07, 6.45) is 1.82. The van der Waals surface area contributed by atoms with Gasteiger partial charge in [-0.3, -0.25) is 5.10 Å². The van der Waals surface area contributed by atoms with E-state index in [1.165, 1.54) is 12.1 Å². The van der Waals surface area contributed by atoms with E-state index in [-0.39, 0.29) is 5.82 Å². The van der Waals surface area contributed by atoms with Gasteiger partial charge in [-0.1, -0.05) is 12.1 Å². The Bertz CT molecular complexity index is 751. The van der Waals surface area contributed by atoms with Crippen molar-refractivity contribution in [3.8, 4) is 17.0 Å². The lowest BCUT2D eigenvalue weighted by atomic mass is 10.1. The van der Waals surface area contributed by atoms with Crippen LogP contribution in [-0.2, 0) is 13.1 Å². The van der Waals surface area contributed by atoms with Gasteiger partial charge in [0.25, 0.3) is 0 Å². The molecule has 0 aliphatic carbocycles. The molecule has 0 atom stereocenters. The number of halogens is 1. The molecule has 0 fully saturated rings. The molecule has 118 valence electrons. The highest BCUT2D eigenvalue weighted by Gasteiger charge is 2.07. The molecule has 0 spiro atoms. The van der Waals surface area contributed by atoms with E-state index in [2.05, 4.69) is 15.5 Å². The topological polar surface area (TPSA) is 49.9 Å². The molecule has 5 heteroatoms. The van der Waals surface area contributed by atoms with Crippen molar-refractivity contribution in [3.05, 3.63) is 71.7 Å². The summed E-state index contributed by atoms with van der Waals surface area (Å²) >= 11 is 0. The maximum absolute atomic E-state index is 12.9. The van der Waals surface area contributed by atoms with Crippen LogP contribution in [0, 0.1) is 5.82 Å². The first-order valence-corrected chi connectivity index (χ1v) is 7.38. The Morgan fingerprint density at radius 3 is 2.48 bits per heavy atom. The summed E-state index contributed by atoms with van der Waals surface area (Å²) in [4.78, 5) is 0. The number of rotatable bonds is 6. The number of aromatic nitrogens is 2. The molecule has 1 heterocycles. The number of ether oxygens (including phenoxy) is 1. The van der Waals surface area contributed by atoms with E-state index in [0.717, 1.165) is 28.1 Å². The Hall–Kier alpha value is -2.66. The molecular weight excluding hydrogens is 293 g/mol. The van der Waals surface area contributed by atoms with Gasteiger partial charge in [0.1, 0.15) is 11.6 Å². The molecule has 0 bridgehead atoms. The predicted molar refractivity (Wildman–Crippen MR) is 87.5 cm³/mol. The van der Waals surface area contributed by atoms with Crippen LogP contribution in [0.25, 0.3) is 11.3 Å². The van der Waals surface area contributed by atoms with Crippen LogP contribution in [0.2, 0.25) is 0 Å². The highest BCUT2D eigenvalue weighted by molar-refractivity contribution is 5.63. The zero-order chi connectivity index (χ0) is 16.1. The fourth-order valence-corrected chi connectivity index (χ4v) is 2.40. The van der Waals surface area contributed by atoms with Gasteiger partial charge in [-0.05, 0) is 42.0 Å². The van der Waals surface area contributed by atoms with E-state index >= 15 is 0 Å². The number of H-pyrrole nitrogens is 1. The molecular formula is C18H18FN3O. The van der Waals surface area contributed by atoms with Gasteiger partial charge in [0.05, 0.1) is 19.0 Å². The molecule has 4 nitrogen and oxygen atoms in total. The number of nitrogens with one attached hydrogen (secondary N) is 2. The SMILES string of the molecule is COc1ccc(-c2[nH]ncc2CNCc2ccc(F)cc2)cc1. The summed E-state index contributed by atoms with van der Waals surface area (Å²) in [5.41, 5.74) is 4.17. The highest BCUT2D eigenvalue weighted by atomic mass is 19.1. The summed E-state index contributed by atoms with van der Waals surface area (Å²) in [6.45, 7) is 1.35. The van der Waals surface area contributed by atoms with Crippen LogP contribution < -0.4 is 10.1 Å². The van der Waals surface area contributed by atoms with Crippen LogP contribution in [0.1, 0.15) is 11.1 Å². The molecule has 0 aliphatic heterocycles. The monoisotopic (exact) mass is 311 g/mol. The average Bonchev–Trinajstić information content (AvgIpc) is 3.05. The first kappa shape index (κ1) is 15.2. The summed E-state index contributed by atoms with van der Waals surface area (Å²) in [7, 11) is 1.65. The molecule has 0 aliphatic rings. The van der Waals surface area contributed by atoms with E-state index in [9.17, 15) is 4.39 Å². The van der Waals surface area contributed by atoms with Crippen molar-refractivity contribution in [1.82, 2.24) is 15.5 Å². The van der Waals surface area contributed by atoms with E-state index in [1.807, 2.05) is 30.5 Å². The largest absolute Gasteiger partial charge is 0.497 e. The van der Waals surface area contributed by atoms with Crippen LogP contribution in [0.5, 0.6) is 5.75 Å². The molecule has 23 heavy (non-hydrogen) atoms. The first-order valence-electron chi connectivity index (χ1n) is 7.38. The van der Waals surface area contributed by atoms with Gasteiger partial charge >= 0.3 is 0 Å². The Kier molecular flexibility index (Phi) is 4.68. The second-order valence-electron chi connectivity index (χ2n) is 5.23. The quantitative estimate of drug-likeness (QED) is 0.732. The third-order valence-corrected chi connectivity index (χ3v) is 3.65. The molecule has 0 radical (unpaired) electrons. The zero-order valence-corrected chi connectivity index (χ0v) is 12.8. The standard InChI is InChI=1S/C18H18FN3O/c1-23-17-8-4-14(5-9-17)18-15(12-21-22-18)11-20-10-13-2-6-16(19)7-3-13/h2-9,12,20H,10-11H2,1H3,(H,21,22). The molecule has 3 aromatic rings. The number of nitrogens with zero attached hydrogens (tertiary/aromatic N) is 1. The van der Waals surface area contributed by atoms with Crippen molar-refractivity contribution < 1.29 is 9.13 Å². The number of methoxy groups -OCH3 is 1. The maximum Gasteiger partial charge on any atom is 0.123 e. The minimum atomic E-state index is -0.217. The van der Waals surface area contributed by atoms with Crippen molar-refractivity contribution in [2.75, 3.05) is 7.11 Å². The summed E-state index contributed by atoms with van der Waals surface area (Å²) in [5.74, 6) is 0.606. The van der Waals surface area contributed by atoms with Crippen molar-refractivity contribution in [1.29, 1.82) is 0 Å². The number of aromatic amines is 1. The predicted octanol–water partition coefficient (Wildman–Crippen LogP) is 3.51. The second kappa shape index (κ2) is 7.07. The lowest BCUT2D eigenvalue weighted by Crippen LogP contribution is -2.12. The van der Waals surface area contributed by atoms with Gasteiger partial charge in [-0.25, -0.2) is 4.39 Å². The molecule has 1 aromatic heterocycles. The third kappa shape index (κ3) is 3.76. The number of hydrogen-bond donors (Lipinski definition) is 2. The van der Waals surface area contributed by atoms with Crippen LogP contribution in [-0.4, -0.2) is 17.3 Å². The van der Waals surface area contributed by atoms with Gasteiger partial charge in [0.2, 0.25) is 0 Å². The van der Waals surface area contributed by atoms with Crippen molar-refractivity contribution in [3.63, 3.8) is 0 Å². The zero-order valence-electron chi connectivity index (χ0n) is 12.8. The van der Waals surface area contributed by atoms with Gasteiger partial charge in [0, 0.05) is 24.2 Å². The van der Waals surface area contributed by atoms with E-state index in [1.54, 1.807) is 19.2 Å². The second-order valence-corrected chi connectivity index (χ2v) is 5.23. The van der Waals surface area contributed by atoms with Crippen molar-refractivity contribution >= 4 is 0 Å². The van der Waals surface area contributed by atoms with Crippen LogP contribution in [0.3, 0.4) is 0 Å². The summed E-state index contributed by atoms with van der Waals surface area (Å²) < 4.78 is 18.1. The maximum atomic E-state index is 12.9. The fourth-order valence-electron chi connectivity index (χ4n) is 2.40. The van der Waals surface area contributed by atoms with Gasteiger partial charge in [-0.15, -0.1) is 0 Å². The summed E-state index contributed by atoms with van der Waals surface area (Å²) in [5, 5.41) is 10.5. The van der Waals surface area contributed by atoms with E-state index in [0.29, 0.717) is 13.1 Å². The van der Waals surface area contributed by atoms with Crippen molar-refractivity contribution in [2.24, 2.45) is 0 Å². The van der Waals surface area contributed by atoms with Gasteiger partial charge in [-0.2, -0.15) is 5.10 Å². The third-order valence-electron chi connectivity index (χ3n) is 3.65. The Balaban J connectivity index is 1.65. The highest BCUT2D eigenvalue weighted by Crippen LogP contribution is 2.23. The number of hydrogen-bond acceptors (Lipinski definition) is 3. The molecule has 0 saturated heterocycles. The van der Waals surface area contributed by atoms with E-state index in [4.69, 9.17) is 4.74 Å². The first-order chi connectivity index (χ1) is 11.3. The van der Waals surface area contributed by atoms with Crippen LogP contribution in [0.15, 0.2) is 54.7 Å². The smallest absolute Gasteiger partial charge is 0.123 e. The Labute approximate surface area is 134 Å². The minimum absolute atomic E-state index is 0.217. The lowest BCUT2D eigenvalue weighted by Gasteiger charge is -2.07. The van der Waals surface area contributed by atoms with Crippen LogP contribution in [0.4, 0.5) is 4.39 Å². The average molecular weight is 311 g/mol. The van der Waals surface area contributed by atoms with Gasteiger partial charge in [0.15, 0.2) is 0 Å². The van der Waals surface area contributed by atoms with Gasteiger partial charge < -0.3 is 10.1 Å². The molecule has 2 aromatic carbocycles. The normalized spacial score (nSPS) is 10.7. The number of benzene rings is 2. The fraction of sp³-hybridized carbons (Fsp3) is 0.167. The molecule has 3 rings (SSSR count). The Morgan fingerprint density at radius 1 is 1.04 bits per heavy atom. The molecule has 0 saturated carbocycles. The summed E-state index contributed by atoms with van der Waals surface area (Å²) in [6, 6.07) is 14.3.